The number of hydrogen-bond donors (Lipinski definition) is 1. The molecule has 2 heterocycles. The first kappa shape index (κ1) is 18.3. The molecule has 7 nitrogen and oxygen atoms in total. The van der Waals surface area contributed by atoms with Crippen LogP contribution in [0.5, 0.6) is 0 Å². The lowest BCUT2D eigenvalue weighted by Crippen LogP contribution is -2.35. The van der Waals surface area contributed by atoms with Crippen molar-refractivity contribution < 1.29 is 18.7 Å². The number of nitrogens with one attached hydrogen (secondary N) is 1. The average molecular weight is 343 g/mol. The minimum absolute atomic E-state index is 0.0156. The monoisotopic (exact) mass is 343 g/mol. The summed E-state index contributed by atoms with van der Waals surface area (Å²) in [5.74, 6) is -0.614. The maximum absolute atomic E-state index is 12.3. The molecule has 0 radical (unpaired) electrons. The molecule has 2 aromatic rings. The predicted molar refractivity (Wildman–Crippen MR) is 90.3 cm³/mol. The van der Waals surface area contributed by atoms with Crippen LogP contribution in [-0.4, -0.2) is 29.1 Å². The number of nitriles is 1. The molecule has 7 heteroatoms. The molecule has 0 bridgehead atoms. The zero-order chi connectivity index (χ0) is 18.4. The highest BCUT2D eigenvalue weighted by Gasteiger charge is 2.26. The molecule has 0 fully saturated rings. The molecule has 0 saturated heterocycles. The molecule has 132 valence electrons. The standard InChI is InChI=1S/C18H21N3O4/c1-4-7-12(2)20-15(22)11-24-18(23)16-13(3)25-17(14(16)10-19)21-8-5-6-9-21/h5-6,8-9,12H,4,7,11H2,1-3H3,(H,20,22)/t12-/m0/s1. The number of amides is 1. The predicted octanol–water partition coefficient (Wildman–Crippen LogP) is 2.71. The summed E-state index contributed by atoms with van der Waals surface area (Å²) in [6.45, 7) is 5.09. The summed E-state index contributed by atoms with van der Waals surface area (Å²) in [5.41, 5.74) is 0.124. The van der Waals surface area contributed by atoms with E-state index in [1.54, 1.807) is 36.0 Å². The topological polar surface area (TPSA) is 97.3 Å². The number of aromatic nitrogens is 1. The number of esters is 1. The number of hydrogen-bond acceptors (Lipinski definition) is 5. The lowest BCUT2D eigenvalue weighted by Gasteiger charge is -2.12. The van der Waals surface area contributed by atoms with Crippen LogP contribution < -0.4 is 5.32 Å². The van der Waals surface area contributed by atoms with Crippen LogP contribution in [0.4, 0.5) is 0 Å². The van der Waals surface area contributed by atoms with Gasteiger partial charge in [0.2, 0.25) is 5.88 Å². The van der Waals surface area contributed by atoms with Gasteiger partial charge in [0.15, 0.2) is 6.61 Å². The van der Waals surface area contributed by atoms with Crippen LogP contribution in [0.25, 0.3) is 5.88 Å². The normalized spacial score (nSPS) is 11.6. The van der Waals surface area contributed by atoms with Crippen molar-refractivity contribution in [2.45, 2.75) is 39.7 Å². The highest BCUT2D eigenvalue weighted by molar-refractivity contribution is 5.95. The van der Waals surface area contributed by atoms with E-state index in [0.29, 0.717) is 0 Å². The molecule has 1 amide bonds. The van der Waals surface area contributed by atoms with Gasteiger partial charge in [-0.1, -0.05) is 13.3 Å². The van der Waals surface area contributed by atoms with Crippen molar-refractivity contribution in [3.63, 3.8) is 0 Å². The van der Waals surface area contributed by atoms with Crippen LogP contribution in [0.1, 0.15) is 48.4 Å². The fourth-order valence-corrected chi connectivity index (χ4v) is 2.56. The molecule has 0 aliphatic heterocycles. The van der Waals surface area contributed by atoms with E-state index in [1.165, 1.54) is 0 Å². The van der Waals surface area contributed by atoms with Crippen molar-refractivity contribution >= 4 is 11.9 Å². The number of furan rings is 1. The molecule has 0 aliphatic carbocycles. The van der Waals surface area contributed by atoms with E-state index >= 15 is 0 Å². The Morgan fingerprint density at radius 3 is 2.68 bits per heavy atom. The molecule has 1 N–H and O–H groups in total. The molecule has 2 rings (SSSR count). The van der Waals surface area contributed by atoms with Crippen molar-refractivity contribution in [1.29, 1.82) is 5.26 Å². The summed E-state index contributed by atoms with van der Waals surface area (Å²) in [5, 5.41) is 12.2. The lowest BCUT2D eigenvalue weighted by molar-refractivity contribution is -0.124. The van der Waals surface area contributed by atoms with Gasteiger partial charge >= 0.3 is 5.97 Å². The van der Waals surface area contributed by atoms with Crippen LogP contribution in [0, 0.1) is 18.3 Å². The summed E-state index contributed by atoms with van der Waals surface area (Å²) >= 11 is 0. The van der Waals surface area contributed by atoms with E-state index in [-0.39, 0.29) is 34.7 Å². The maximum atomic E-state index is 12.3. The SMILES string of the molecule is CCC[C@H](C)NC(=O)COC(=O)c1c(C)oc(-n2cccc2)c1C#N. The molecule has 0 saturated carbocycles. The molecule has 0 aliphatic rings. The van der Waals surface area contributed by atoms with Gasteiger partial charge in [0.25, 0.3) is 5.91 Å². The first-order valence-corrected chi connectivity index (χ1v) is 8.11. The van der Waals surface area contributed by atoms with Crippen LogP contribution in [-0.2, 0) is 9.53 Å². The number of rotatable bonds is 7. The Balaban J connectivity index is 2.10. The molecular formula is C18H21N3O4. The molecule has 25 heavy (non-hydrogen) atoms. The van der Waals surface area contributed by atoms with Gasteiger partial charge in [0.05, 0.1) is 0 Å². The van der Waals surface area contributed by atoms with E-state index in [4.69, 9.17) is 9.15 Å². The van der Waals surface area contributed by atoms with Gasteiger partial charge in [0, 0.05) is 18.4 Å². The van der Waals surface area contributed by atoms with E-state index in [0.717, 1.165) is 12.8 Å². The van der Waals surface area contributed by atoms with Gasteiger partial charge in [-0.2, -0.15) is 5.26 Å². The highest BCUT2D eigenvalue weighted by Crippen LogP contribution is 2.26. The third kappa shape index (κ3) is 4.29. The van der Waals surface area contributed by atoms with Gasteiger partial charge in [-0.3, -0.25) is 9.36 Å². The summed E-state index contributed by atoms with van der Waals surface area (Å²) < 4.78 is 12.2. The Bertz CT molecular complexity index is 784. The molecular weight excluding hydrogens is 322 g/mol. The van der Waals surface area contributed by atoms with Crippen LogP contribution in [0.2, 0.25) is 0 Å². The minimum Gasteiger partial charge on any atom is -0.452 e. The van der Waals surface area contributed by atoms with Crippen molar-refractivity contribution in [3.8, 4) is 12.0 Å². The van der Waals surface area contributed by atoms with Gasteiger partial charge < -0.3 is 14.5 Å². The minimum atomic E-state index is -0.755. The third-order valence-corrected chi connectivity index (χ3v) is 3.68. The third-order valence-electron chi connectivity index (χ3n) is 3.68. The largest absolute Gasteiger partial charge is 0.452 e. The maximum Gasteiger partial charge on any atom is 0.343 e. The Morgan fingerprint density at radius 2 is 2.08 bits per heavy atom. The van der Waals surface area contributed by atoms with Crippen molar-refractivity contribution in [2.75, 3.05) is 6.61 Å². The second-order valence-corrected chi connectivity index (χ2v) is 5.75. The number of aryl methyl sites for hydroxylation is 1. The Morgan fingerprint density at radius 1 is 1.40 bits per heavy atom. The van der Waals surface area contributed by atoms with Gasteiger partial charge in [-0.25, -0.2) is 4.79 Å². The van der Waals surface area contributed by atoms with Crippen molar-refractivity contribution in [3.05, 3.63) is 41.4 Å². The Hall–Kier alpha value is -3.01. The molecule has 0 spiro atoms. The van der Waals surface area contributed by atoms with Gasteiger partial charge in [-0.05, 0) is 32.4 Å². The number of carbonyl (C=O) groups is 2. The van der Waals surface area contributed by atoms with Crippen molar-refractivity contribution in [2.24, 2.45) is 0 Å². The number of nitrogens with zero attached hydrogens (tertiary/aromatic N) is 2. The first-order valence-electron chi connectivity index (χ1n) is 8.11. The smallest absolute Gasteiger partial charge is 0.343 e. The van der Waals surface area contributed by atoms with Crippen LogP contribution >= 0.6 is 0 Å². The molecule has 0 unspecified atom stereocenters. The summed E-state index contributed by atoms with van der Waals surface area (Å²) in [4.78, 5) is 24.1. The van der Waals surface area contributed by atoms with E-state index in [1.807, 2.05) is 19.9 Å². The van der Waals surface area contributed by atoms with E-state index < -0.39 is 12.6 Å². The first-order chi connectivity index (χ1) is 12.0. The van der Waals surface area contributed by atoms with E-state index in [9.17, 15) is 14.9 Å². The second kappa shape index (κ2) is 8.20. The molecule has 2 aromatic heterocycles. The summed E-state index contributed by atoms with van der Waals surface area (Å²) in [7, 11) is 0. The quantitative estimate of drug-likeness (QED) is 0.780. The van der Waals surface area contributed by atoms with Gasteiger partial charge in [-0.15, -0.1) is 0 Å². The number of ether oxygens (including phenoxy) is 1. The summed E-state index contributed by atoms with van der Waals surface area (Å²) in [6.07, 6.45) is 5.20. The fourth-order valence-electron chi connectivity index (χ4n) is 2.56. The highest BCUT2D eigenvalue weighted by atomic mass is 16.5. The summed E-state index contributed by atoms with van der Waals surface area (Å²) in [6, 6.07) is 5.54. The molecule has 0 aromatic carbocycles. The van der Waals surface area contributed by atoms with Gasteiger partial charge in [0.1, 0.15) is 23.0 Å². The van der Waals surface area contributed by atoms with Crippen LogP contribution in [0.15, 0.2) is 28.9 Å². The van der Waals surface area contributed by atoms with E-state index in [2.05, 4.69) is 5.32 Å². The number of carbonyl (C=O) groups excluding carboxylic acids is 2. The fraction of sp³-hybridized carbons (Fsp3) is 0.389. The zero-order valence-corrected chi connectivity index (χ0v) is 14.5. The average Bonchev–Trinajstić information content (AvgIpc) is 3.19. The zero-order valence-electron chi connectivity index (χ0n) is 14.5. The second-order valence-electron chi connectivity index (χ2n) is 5.75. The van der Waals surface area contributed by atoms with Crippen LogP contribution in [0.3, 0.4) is 0 Å². The lowest BCUT2D eigenvalue weighted by atomic mass is 10.1. The Kier molecular flexibility index (Phi) is 6.01. The van der Waals surface area contributed by atoms with Crippen molar-refractivity contribution in [1.82, 2.24) is 9.88 Å². The molecule has 1 atom stereocenters. The Labute approximate surface area is 146 Å².